The van der Waals surface area contributed by atoms with Gasteiger partial charge in [-0.2, -0.15) is 0 Å². The minimum absolute atomic E-state index is 0.389. The lowest BCUT2D eigenvalue weighted by Gasteiger charge is -2.09. The number of ether oxygens (including phenoxy) is 2. The third kappa shape index (κ3) is 1.68. The molecule has 0 radical (unpaired) electrons. The zero-order valence-corrected chi connectivity index (χ0v) is 7.31. The number of carboxylic acids is 2. The average molecular weight is 200 g/mol. The van der Waals surface area contributed by atoms with Gasteiger partial charge in [0.05, 0.1) is 0 Å². The molecule has 76 valence electrons. The second-order valence-electron chi connectivity index (χ2n) is 2.68. The van der Waals surface area contributed by atoms with Crippen molar-refractivity contribution in [2.45, 2.75) is 13.2 Å². The molecule has 0 aliphatic carbocycles. The number of hydrogen-bond acceptors (Lipinski definition) is 4. The molecule has 2 N–H and O–H groups in total. The lowest BCUT2D eigenvalue weighted by atomic mass is 10.3. The third-order valence-electron chi connectivity index (χ3n) is 1.45. The average Bonchev–Trinajstić information content (AvgIpc) is 2.47. The number of hydrogen-bond donors (Lipinski definition) is 2. The summed E-state index contributed by atoms with van der Waals surface area (Å²) in [6.45, 7) is 5.00. The number of aliphatic carboxylic acids is 2. The predicted octanol–water partition coefficient (Wildman–Crippen LogP) is 0.316. The first-order valence-electron chi connectivity index (χ1n) is 3.63. The van der Waals surface area contributed by atoms with Crippen molar-refractivity contribution in [1.29, 1.82) is 0 Å². The maximum atomic E-state index is 10.5. The van der Waals surface area contributed by atoms with Gasteiger partial charge in [0.15, 0.2) is 0 Å². The van der Waals surface area contributed by atoms with Gasteiger partial charge < -0.3 is 19.7 Å². The molecule has 0 aromatic heterocycles. The number of rotatable bonds is 3. The molecular formula is C8H8O6. The molecule has 0 fully saturated rings. The first kappa shape index (κ1) is 10.1. The van der Waals surface area contributed by atoms with Crippen LogP contribution in [0.5, 0.6) is 0 Å². The van der Waals surface area contributed by atoms with Crippen molar-refractivity contribution in [2.75, 3.05) is 0 Å². The van der Waals surface area contributed by atoms with Crippen molar-refractivity contribution in [1.82, 2.24) is 0 Å². The quantitative estimate of drug-likeness (QED) is 0.637. The molecule has 0 bridgehead atoms. The molecule has 0 aromatic carbocycles. The fraction of sp³-hybridized carbons (Fsp3) is 0.250. The maximum absolute atomic E-state index is 10.5. The summed E-state index contributed by atoms with van der Waals surface area (Å²) in [7, 11) is 0. The van der Waals surface area contributed by atoms with E-state index in [1.807, 2.05) is 0 Å². The first-order valence-corrected chi connectivity index (χ1v) is 3.63. The Hall–Kier alpha value is -1.98. The van der Waals surface area contributed by atoms with Gasteiger partial charge in [-0.25, -0.2) is 9.59 Å². The standard InChI is InChI=1S/C8H8O6/c1-3(2)8-13-4(6(9)10)5(14-8)7(11)12/h8H,1H2,2H3,(H,9,10)(H,11,12). The molecular weight excluding hydrogens is 192 g/mol. The van der Waals surface area contributed by atoms with Crippen molar-refractivity contribution in [3.63, 3.8) is 0 Å². The Morgan fingerprint density at radius 2 is 1.57 bits per heavy atom. The summed E-state index contributed by atoms with van der Waals surface area (Å²) >= 11 is 0. The second kappa shape index (κ2) is 3.41. The number of carbonyl (C=O) groups is 2. The van der Waals surface area contributed by atoms with E-state index >= 15 is 0 Å². The van der Waals surface area contributed by atoms with Gasteiger partial charge in [0.2, 0.25) is 0 Å². The summed E-state index contributed by atoms with van der Waals surface area (Å²) in [5, 5.41) is 17.2. The molecule has 0 saturated heterocycles. The van der Waals surface area contributed by atoms with Gasteiger partial charge in [0, 0.05) is 0 Å². The molecule has 0 spiro atoms. The predicted molar refractivity (Wildman–Crippen MR) is 43.1 cm³/mol. The third-order valence-corrected chi connectivity index (χ3v) is 1.45. The topological polar surface area (TPSA) is 93.1 Å². The van der Waals surface area contributed by atoms with Crippen LogP contribution in [0, 0.1) is 0 Å². The molecule has 1 rings (SSSR count). The van der Waals surface area contributed by atoms with Gasteiger partial charge >= 0.3 is 11.9 Å². The lowest BCUT2D eigenvalue weighted by molar-refractivity contribution is -0.138. The molecule has 14 heavy (non-hydrogen) atoms. The maximum Gasteiger partial charge on any atom is 0.375 e. The van der Waals surface area contributed by atoms with E-state index in [0.717, 1.165) is 0 Å². The van der Waals surface area contributed by atoms with Gasteiger partial charge in [-0.1, -0.05) is 6.58 Å². The fourth-order valence-corrected chi connectivity index (χ4v) is 0.841. The Balaban J connectivity index is 2.96. The molecule has 6 heteroatoms. The molecule has 1 heterocycles. The zero-order chi connectivity index (χ0) is 10.9. The van der Waals surface area contributed by atoms with Crippen molar-refractivity contribution in [3.8, 4) is 0 Å². The molecule has 1 aliphatic heterocycles. The molecule has 0 saturated carbocycles. The van der Waals surface area contributed by atoms with E-state index in [9.17, 15) is 9.59 Å². The van der Waals surface area contributed by atoms with E-state index < -0.39 is 29.7 Å². The largest absolute Gasteiger partial charge is 0.475 e. The van der Waals surface area contributed by atoms with Crippen molar-refractivity contribution >= 4 is 11.9 Å². The summed E-state index contributed by atoms with van der Waals surface area (Å²) in [5.41, 5.74) is 0.389. The molecule has 0 amide bonds. The van der Waals surface area contributed by atoms with Crippen LogP contribution in [0.25, 0.3) is 0 Å². The van der Waals surface area contributed by atoms with Crippen LogP contribution in [-0.2, 0) is 19.1 Å². The van der Waals surface area contributed by atoms with E-state index in [1.54, 1.807) is 0 Å². The minimum Gasteiger partial charge on any atom is -0.475 e. The summed E-state index contributed by atoms with van der Waals surface area (Å²) in [4.78, 5) is 21.1. The molecule has 6 nitrogen and oxygen atoms in total. The van der Waals surface area contributed by atoms with Crippen LogP contribution in [0.3, 0.4) is 0 Å². The highest BCUT2D eigenvalue weighted by atomic mass is 16.7. The Morgan fingerprint density at radius 3 is 1.79 bits per heavy atom. The van der Waals surface area contributed by atoms with Crippen LogP contribution in [-0.4, -0.2) is 28.4 Å². The monoisotopic (exact) mass is 200 g/mol. The van der Waals surface area contributed by atoms with Crippen LogP contribution in [0.2, 0.25) is 0 Å². The van der Waals surface area contributed by atoms with E-state index in [2.05, 4.69) is 6.58 Å². The van der Waals surface area contributed by atoms with Crippen molar-refractivity contribution < 1.29 is 29.3 Å². The van der Waals surface area contributed by atoms with Gasteiger partial charge in [-0.05, 0) is 12.5 Å². The van der Waals surface area contributed by atoms with E-state index in [1.165, 1.54) is 6.92 Å². The van der Waals surface area contributed by atoms with E-state index in [4.69, 9.17) is 19.7 Å². The Kier molecular flexibility index (Phi) is 2.46. The van der Waals surface area contributed by atoms with Gasteiger partial charge in [0.1, 0.15) is 0 Å². The molecule has 0 aromatic rings. The number of carboxylic acid groups (broad SMARTS) is 2. The minimum atomic E-state index is -1.48. The summed E-state index contributed by atoms with van der Waals surface area (Å²) in [6, 6.07) is 0. The Bertz CT molecular complexity index is 314. The highest BCUT2D eigenvalue weighted by Gasteiger charge is 2.36. The van der Waals surface area contributed by atoms with Crippen molar-refractivity contribution in [3.05, 3.63) is 23.7 Å². The SMILES string of the molecule is C=C(C)C1OC(C(=O)O)=C(C(=O)O)O1. The van der Waals surface area contributed by atoms with Gasteiger partial charge in [-0.15, -0.1) is 0 Å². The fourth-order valence-electron chi connectivity index (χ4n) is 0.841. The molecule has 1 aliphatic rings. The normalized spacial score (nSPS) is 16.1. The summed E-state index contributed by atoms with van der Waals surface area (Å²) < 4.78 is 9.47. The van der Waals surface area contributed by atoms with Crippen LogP contribution in [0.15, 0.2) is 23.7 Å². The summed E-state index contributed by atoms with van der Waals surface area (Å²) in [5.74, 6) is -4.37. The zero-order valence-electron chi connectivity index (χ0n) is 7.31. The molecule has 0 unspecified atom stereocenters. The summed E-state index contributed by atoms with van der Waals surface area (Å²) in [6.07, 6.45) is -1.04. The highest BCUT2D eigenvalue weighted by Crippen LogP contribution is 2.25. The Labute approximate surface area is 79.0 Å². The molecule has 0 atom stereocenters. The lowest BCUT2D eigenvalue weighted by Crippen LogP contribution is -2.12. The van der Waals surface area contributed by atoms with Crippen LogP contribution < -0.4 is 0 Å². The van der Waals surface area contributed by atoms with Crippen LogP contribution in [0.1, 0.15) is 6.92 Å². The van der Waals surface area contributed by atoms with Crippen LogP contribution >= 0.6 is 0 Å². The Morgan fingerprint density at radius 1 is 1.21 bits per heavy atom. The van der Waals surface area contributed by atoms with E-state index in [0.29, 0.717) is 5.57 Å². The second-order valence-corrected chi connectivity index (χ2v) is 2.68. The first-order chi connectivity index (χ1) is 6.43. The highest BCUT2D eigenvalue weighted by molar-refractivity contribution is 5.96. The van der Waals surface area contributed by atoms with Gasteiger partial charge in [-0.3, -0.25) is 0 Å². The van der Waals surface area contributed by atoms with Crippen LogP contribution in [0.4, 0.5) is 0 Å². The smallest absolute Gasteiger partial charge is 0.375 e. The van der Waals surface area contributed by atoms with Gasteiger partial charge in [0.25, 0.3) is 17.8 Å². The van der Waals surface area contributed by atoms with E-state index in [-0.39, 0.29) is 0 Å². The van der Waals surface area contributed by atoms with Crippen molar-refractivity contribution in [2.24, 2.45) is 0 Å².